The molecule has 1 aliphatic heterocycles. The van der Waals surface area contributed by atoms with Crippen LogP contribution in [-0.4, -0.2) is 30.9 Å². The number of nitrogens with zero attached hydrogens (tertiary/aromatic N) is 1. The van der Waals surface area contributed by atoms with Crippen LogP contribution < -0.4 is 20.5 Å². The number of aryl methyl sites for hydroxylation is 1. The zero-order valence-electron chi connectivity index (χ0n) is 15.9. The molecule has 3 amide bonds. The van der Waals surface area contributed by atoms with Crippen molar-refractivity contribution in [2.45, 2.75) is 20.3 Å². The third-order valence-corrected chi connectivity index (χ3v) is 4.53. The monoisotopic (exact) mass is 381 g/mol. The summed E-state index contributed by atoms with van der Waals surface area (Å²) in [5.41, 5.74) is 6.96. The quantitative estimate of drug-likeness (QED) is 0.778. The number of hydrazine groups is 1. The van der Waals surface area contributed by atoms with Crippen LogP contribution in [0.3, 0.4) is 0 Å². The fourth-order valence-electron chi connectivity index (χ4n) is 3.10. The van der Waals surface area contributed by atoms with Crippen molar-refractivity contribution in [2.75, 3.05) is 18.1 Å². The molecule has 28 heavy (non-hydrogen) atoms. The van der Waals surface area contributed by atoms with Crippen LogP contribution in [0.2, 0.25) is 0 Å². The summed E-state index contributed by atoms with van der Waals surface area (Å²) in [6.07, 6.45) is 0.0966. The number of nitrogens with one attached hydrogen (secondary N) is 2. The Balaban J connectivity index is 1.56. The maximum atomic E-state index is 12.4. The van der Waals surface area contributed by atoms with E-state index in [1.807, 2.05) is 19.9 Å². The Labute approximate surface area is 163 Å². The van der Waals surface area contributed by atoms with E-state index < -0.39 is 11.8 Å². The summed E-state index contributed by atoms with van der Waals surface area (Å²) in [6, 6.07) is 14.2. The van der Waals surface area contributed by atoms with Gasteiger partial charge in [-0.25, -0.2) is 0 Å². The molecule has 0 radical (unpaired) electrons. The van der Waals surface area contributed by atoms with Gasteiger partial charge in [0.2, 0.25) is 11.8 Å². The van der Waals surface area contributed by atoms with Crippen LogP contribution in [-0.2, 0) is 9.59 Å². The van der Waals surface area contributed by atoms with Gasteiger partial charge >= 0.3 is 0 Å². The number of hydrogen-bond donors (Lipinski definition) is 2. The zero-order valence-corrected chi connectivity index (χ0v) is 15.9. The van der Waals surface area contributed by atoms with Crippen LogP contribution >= 0.6 is 0 Å². The highest BCUT2D eigenvalue weighted by Gasteiger charge is 2.35. The maximum Gasteiger partial charge on any atom is 0.269 e. The number of anilines is 1. The molecule has 1 atom stereocenters. The number of rotatable bonds is 5. The molecule has 0 aromatic heterocycles. The van der Waals surface area contributed by atoms with Crippen LogP contribution in [0.5, 0.6) is 5.75 Å². The largest absolute Gasteiger partial charge is 0.494 e. The molecule has 2 N–H and O–H groups in total. The molecule has 3 rings (SSSR count). The van der Waals surface area contributed by atoms with E-state index in [-0.39, 0.29) is 24.8 Å². The van der Waals surface area contributed by atoms with Crippen LogP contribution in [0.15, 0.2) is 48.5 Å². The first-order chi connectivity index (χ1) is 13.5. The van der Waals surface area contributed by atoms with E-state index in [1.54, 1.807) is 47.4 Å². The van der Waals surface area contributed by atoms with Crippen molar-refractivity contribution in [3.8, 4) is 5.75 Å². The van der Waals surface area contributed by atoms with Crippen molar-refractivity contribution in [3.05, 3.63) is 59.7 Å². The predicted molar refractivity (Wildman–Crippen MR) is 105 cm³/mol. The van der Waals surface area contributed by atoms with Crippen LogP contribution in [0.25, 0.3) is 0 Å². The van der Waals surface area contributed by atoms with E-state index in [4.69, 9.17) is 4.74 Å². The lowest BCUT2D eigenvalue weighted by Crippen LogP contribution is -2.45. The van der Waals surface area contributed by atoms with Gasteiger partial charge in [-0.15, -0.1) is 0 Å². The van der Waals surface area contributed by atoms with Gasteiger partial charge in [0.05, 0.1) is 12.5 Å². The summed E-state index contributed by atoms with van der Waals surface area (Å²) in [5.74, 6) is -0.718. The minimum Gasteiger partial charge on any atom is -0.494 e. The average molecular weight is 381 g/mol. The molecule has 0 saturated carbocycles. The Hall–Kier alpha value is -3.35. The highest BCUT2D eigenvalue weighted by molar-refractivity contribution is 6.01. The van der Waals surface area contributed by atoms with Crippen LogP contribution in [0.4, 0.5) is 5.69 Å². The second-order valence-corrected chi connectivity index (χ2v) is 6.65. The molecule has 1 heterocycles. The molecule has 7 nitrogen and oxygen atoms in total. The molecule has 1 saturated heterocycles. The second kappa shape index (κ2) is 8.56. The van der Waals surface area contributed by atoms with Crippen molar-refractivity contribution >= 4 is 23.4 Å². The minimum absolute atomic E-state index is 0.0966. The lowest BCUT2D eigenvalue weighted by molar-refractivity contribution is -0.126. The van der Waals surface area contributed by atoms with Gasteiger partial charge in [-0.1, -0.05) is 17.7 Å². The highest BCUT2D eigenvalue weighted by Crippen LogP contribution is 2.26. The topological polar surface area (TPSA) is 87.7 Å². The van der Waals surface area contributed by atoms with Gasteiger partial charge in [0.25, 0.3) is 5.91 Å². The molecule has 0 spiro atoms. The smallest absolute Gasteiger partial charge is 0.269 e. The number of carbonyl (C=O) groups excluding carboxylic acids is 3. The lowest BCUT2D eigenvalue weighted by Gasteiger charge is -2.17. The number of hydrogen-bond acceptors (Lipinski definition) is 4. The second-order valence-electron chi connectivity index (χ2n) is 6.65. The summed E-state index contributed by atoms with van der Waals surface area (Å²) in [6.45, 7) is 4.62. The number of benzene rings is 2. The van der Waals surface area contributed by atoms with Gasteiger partial charge < -0.3 is 9.64 Å². The first kappa shape index (κ1) is 19.4. The van der Waals surface area contributed by atoms with Crippen molar-refractivity contribution in [2.24, 2.45) is 5.92 Å². The Bertz CT molecular complexity index is 879. The third-order valence-electron chi connectivity index (χ3n) is 4.53. The molecule has 1 aliphatic rings. The summed E-state index contributed by atoms with van der Waals surface area (Å²) in [4.78, 5) is 38.4. The minimum atomic E-state index is -0.531. The van der Waals surface area contributed by atoms with E-state index >= 15 is 0 Å². The predicted octanol–water partition coefficient (Wildman–Crippen LogP) is 2.21. The van der Waals surface area contributed by atoms with E-state index in [1.165, 1.54) is 0 Å². The molecule has 1 fully saturated rings. The summed E-state index contributed by atoms with van der Waals surface area (Å²) in [5, 5.41) is 0. The molecular weight excluding hydrogens is 358 g/mol. The van der Waals surface area contributed by atoms with Gasteiger partial charge in [-0.2, -0.15) is 0 Å². The van der Waals surface area contributed by atoms with E-state index in [0.29, 0.717) is 17.9 Å². The fourth-order valence-corrected chi connectivity index (χ4v) is 3.10. The van der Waals surface area contributed by atoms with Gasteiger partial charge in [0, 0.05) is 24.2 Å². The first-order valence-corrected chi connectivity index (χ1v) is 9.18. The normalized spacial score (nSPS) is 16.0. The van der Waals surface area contributed by atoms with E-state index in [0.717, 1.165) is 11.3 Å². The van der Waals surface area contributed by atoms with Crippen molar-refractivity contribution in [3.63, 3.8) is 0 Å². The SMILES string of the molecule is CCOc1ccc(N2C[C@H](C(=O)NNC(=O)c3cccc(C)c3)CC2=O)cc1. The number of ether oxygens (including phenoxy) is 1. The first-order valence-electron chi connectivity index (χ1n) is 9.18. The number of carbonyl (C=O) groups is 3. The Morgan fingerprint density at radius 2 is 1.89 bits per heavy atom. The zero-order chi connectivity index (χ0) is 20.1. The Morgan fingerprint density at radius 3 is 2.57 bits per heavy atom. The van der Waals surface area contributed by atoms with E-state index in [2.05, 4.69) is 10.9 Å². The molecular formula is C21H23N3O4. The summed E-state index contributed by atoms with van der Waals surface area (Å²) < 4.78 is 5.40. The molecule has 146 valence electrons. The Kier molecular flexibility index (Phi) is 5.93. The average Bonchev–Trinajstić information content (AvgIpc) is 3.08. The fraction of sp³-hybridized carbons (Fsp3) is 0.286. The molecule has 7 heteroatoms. The van der Waals surface area contributed by atoms with Gasteiger partial charge in [-0.05, 0) is 50.2 Å². The van der Waals surface area contributed by atoms with Crippen molar-refractivity contribution in [1.82, 2.24) is 10.9 Å². The van der Waals surface area contributed by atoms with E-state index in [9.17, 15) is 14.4 Å². The molecule has 2 aromatic rings. The van der Waals surface area contributed by atoms with Crippen LogP contribution in [0.1, 0.15) is 29.3 Å². The third kappa shape index (κ3) is 4.49. The van der Waals surface area contributed by atoms with Gasteiger partial charge in [0.1, 0.15) is 5.75 Å². The van der Waals surface area contributed by atoms with Gasteiger partial charge in [0.15, 0.2) is 0 Å². The lowest BCUT2D eigenvalue weighted by atomic mass is 10.1. The molecule has 0 unspecified atom stereocenters. The summed E-state index contributed by atoms with van der Waals surface area (Å²) >= 11 is 0. The molecule has 0 aliphatic carbocycles. The highest BCUT2D eigenvalue weighted by atomic mass is 16.5. The Morgan fingerprint density at radius 1 is 1.14 bits per heavy atom. The van der Waals surface area contributed by atoms with Crippen molar-refractivity contribution in [1.29, 1.82) is 0 Å². The maximum absolute atomic E-state index is 12.4. The summed E-state index contributed by atoms with van der Waals surface area (Å²) in [7, 11) is 0. The standard InChI is InChI=1S/C21H23N3O4/c1-3-28-18-9-7-17(8-10-18)24-13-16(12-19(24)25)21(27)23-22-20(26)15-6-4-5-14(2)11-15/h4-11,16H,3,12-13H2,1-2H3,(H,22,26)(H,23,27)/t16-/m1/s1. The van der Waals surface area contributed by atoms with Crippen molar-refractivity contribution < 1.29 is 19.1 Å². The molecule has 2 aromatic carbocycles. The van der Waals surface area contributed by atoms with Gasteiger partial charge in [-0.3, -0.25) is 25.2 Å². The number of amides is 3. The van der Waals surface area contributed by atoms with Crippen LogP contribution in [0, 0.1) is 12.8 Å². The molecule has 0 bridgehead atoms.